The van der Waals surface area contributed by atoms with E-state index in [9.17, 15) is 0 Å². The van der Waals surface area contributed by atoms with Crippen LogP contribution in [0.1, 0.15) is 34.1 Å². The van der Waals surface area contributed by atoms with Crippen molar-refractivity contribution in [1.82, 2.24) is 0 Å². The van der Waals surface area contributed by atoms with Gasteiger partial charge in [-0.25, -0.2) is 0 Å². The molecule has 0 fully saturated rings. The maximum absolute atomic E-state index is 3.15. The average molecular weight is 202 g/mol. The Morgan fingerprint density at radius 1 is 1.33 bits per heavy atom. The molecule has 0 aromatic rings. The highest BCUT2D eigenvalue weighted by Gasteiger charge is 2.09. The van der Waals surface area contributed by atoms with Crippen molar-refractivity contribution < 1.29 is 0 Å². The van der Waals surface area contributed by atoms with Gasteiger partial charge in [0.2, 0.25) is 0 Å². The largest absolute Gasteiger partial charge is 0.125 e. The van der Waals surface area contributed by atoms with Crippen LogP contribution in [-0.4, -0.2) is 0 Å². The van der Waals surface area contributed by atoms with E-state index in [0.717, 1.165) is 11.8 Å². The summed E-state index contributed by atoms with van der Waals surface area (Å²) in [4.78, 5) is 0. The molecule has 0 radical (unpaired) electrons. The van der Waals surface area contributed by atoms with E-state index in [1.54, 1.807) is 0 Å². The first-order valence-corrected chi connectivity index (χ1v) is 5.89. The number of hydrogen-bond acceptors (Lipinski definition) is 0. The van der Waals surface area contributed by atoms with E-state index in [2.05, 4.69) is 57.7 Å². The minimum absolute atomic E-state index is 0.501. The Kier molecular flexibility index (Phi) is 4.65. The van der Waals surface area contributed by atoms with Gasteiger partial charge < -0.3 is 0 Å². The SMILES string of the molecule is CC1C=C=CC=CC(CC(C)C(C)C)=C1. The van der Waals surface area contributed by atoms with Gasteiger partial charge in [-0.3, -0.25) is 0 Å². The first kappa shape index (κ1) is 12.1. The van der Waals surface area contributed by atoms with E-state index < -0.39 is 0 Å². The molecular formula is C15H22. The topological polar surface area (TPSA) is 0 Å². The van der Waals surface area contributed by atoms with Crippen LogP contribution in [0.25, 0.3) is 0 Å². The third-order valence-corrected chi connectivity index (χ3v) is 3.03. The fraction of sp³-hybridized carbons (Fsp3) is 0.533. The molecule has 1 rings (SSSR count). The highest BCUT2D eigenvalue weighted by molar-refractivity contribution is 5.26. The highest BCUT2D eigenvalue weighted by atomic mass is 14.1. The summed E-state index contributed by atoms with van der Waals surface area (Å²) >= 11 is 0. The average Bonchev–Trinajstić information content (AvgIpc) is 2.13. The lowest BCUT2D eigenvalue weighted by Gasteiger charge is -2.16. The van der Waals surface area contributed by atoms with Crippen LogP contribution >= 0.6 is 0 Å². The van der Waals surface area contributed by atoms with Gasteiger partial charge >= 0.3 is 0 Å². The van der Waals surface area contributed by atoms with Crippen molar-refractivity contribution in [3.05, 3.63) is 41.7 Å². The van der Waals surface area contributed by atoms with Crippen molar-refractivity contribution in [3.8, 4) is 0 Å². The van der Waals surface area contributed by atoms with Gasteiger partial charge in [0, 0.05) is 0 Å². The molecule has 1 aliphatic carbocycles. The molecule has 0 aliphatic heterocycles. The molecule has 0 amide bonds. The van der Waals surface area contributed by atoms with Crippen molar-refractivity contribution >= 4 is 0 Å². The van der Waals surface area contributed by atoms with Gasteiger partial charge in [0.15, 0.2) is 0 Å². The Morgan fingerprint density at radius 2 is 2.07 bits per heavy atom. The van der Waals surface area contributed by atoms with Crippen LogP contribution < -0.4 is 0 Å². The van der Waals surface area contributed by atoms with Crippen LogP contribution in [-0.2, 0) is 0 Å². The maximum atomic E-state index is 3.15. The van der Waals surface area contributed by atoms with E-state index in [4.69, 9.17) is 0 Å². The molecule has 0 spiro atoms. The number of rotatable bonds is 3. The van der Waals surface area contributed by atoms with Crippen molar-refractivity contribution in [2.75, 3.05) is 0 Å². The summed E-state index contributed by atoms with van der Waals surface area (Å²) in [5.41, 5.74) is 4.61. The van der Waals surface area contributed by atoms with Crippen LogP contribution in [0.15, 0.2) is 41.7 Å². The lowest BCUT2D eigenvalue weighted by Crippen LogP contribution is -2.05. The third-order valence-electron chi connectivity index (χ3n) is 3.03. The number of hydrogen-bond donors (Lipinski definition) is 0. The fourth-order valence-corrected chi connectivity index (χ4v) is 1.62. The van der Waals surface area contributed by atoms with Gasteiger partial charge in [0.05, 0.1) is 0 Å². The summed E-state index contributed by atoms with van der Waals surface area (Å²) in [6, 6.07) is 0. The molecule has 0 saturated carbocycles. The summed E-state index contributed by atoms with van der Waals surface area (Å²) in [6.45, 7) is 9.12. The lowest BCUT2D eigenvalue weighted by molar-refractivity contribution is 0.418. The zero-order valence-electron chi connectivity index (χ0n) is 10.3. The standard InChI is InChI=1S/C15H22/c1-12(2)14(4)11-15-9-7-5-6-8-13(3)10-15/h5,7-10,12-14H,11H2,1-4H3. The quantitative estimate of drug-likeness (QED) is 0.591. The molecule has 0 nitrogen and oxygen atoms in total. The summed E-state index contributed by atoms with van der Waals surface area (Å²) in [5.74, 6) is 2.01. The first-order chi connectivity index (χ1) is 7.09. The maximum Gasteiger partial charge on any atom is -0.00000995 e. The molecule has 82 valence electrons. The fourth-order valence-electron chi connectivity index (χ4n) is 1.62. The van der Waals surface area contributed by atoms with Gasteiger partial charge in [-0.05, 0) is 36.3 Å². The minimum Gasteiger partial charge on any atom is -0.125 e. The number of allylic oxidation sites excluding steroid dienone is 5. The molecule has 0 bridgehead atoms. The van der Waals surface area contributed by atoms with Crippen LogP contribution in [0.2, 0.25) is 0 Å². The van der Waals surface area contributed by atoms with Crippen LogP contribution in [0, 0.1) is 17.8 Å². The Morgan fingerprint density at radius 3 is 2.73 bits per heavy atom. The Balaban J connectivity index is 2.69. The smallest absolute Gasteiger partial charge is 0.00000995 e. The van der Waals surface area contributed by atoms with Crippen molar-refractivity contribution in [1.29, 1.82) is 0 Å². The molecule has 2 atom stereocenters. The normalized spacial score (nSPS) is 22.5. The lowest BCUT2D eigenvalue weighted by atomic mass is 9.89. The van der Waals surface area contributed by atoms with E-state index in [1.807, 2.05) is 6.08 Å². The molecular weight excluding hydrogens is 180 g/mol. The zero-order chi connectivity index (χ0) is 11.3. The highest BCUT2D eigenvalue weighted by Crippen LogP contribution is 2.22. The monoisotopic (exact) mass is 202 g/mol. The van der Waals surface area contributed by atoms with Crippen LogP contribution in [0.3, 0.4) is 0 Å². The van der Waals surface area contributed by atoms with E-state index in [1.165, 1.54) is 12.0 Å². The molecule has 0 saturated heterocycles. The summed E-state index contributed by atoms with van der Waals surface area (Å²) in [5, 5.41) is 0. The predicted octanol–water partition coefficient (Wildman–Crippen LogP) is 4.51. The second-order valence-corrected chi connectivity index (χ2v) is 4.89. The Labute approximate surface area is 94.1 Å². The van der Waals surface area contributed by atoms with Crippen molar-refractivity contribution in [2.45, 2.75) is 34.1 Å². The van der Waals surface area contributed by atoms with Gasteiger partial charge in [0.1, 0.15) is 0 Å². The molecule has 15 heavy (non-hydrogen) atoms. The Bertz CT molecular complexity index is 309. The Hall–Kier alpha value is -1.00. The second kappa shape index (κ2) is 5.78. The third kappa shape index (κ3) is 4.36. The summed E-state index contributed by atoms with van der Waals surface area (Å²) in [7, 11) is 0. The molecule has 0 N–H and O–H groups in total. The van der Waals surface area contributed by atoms with Gasteiger partial charge in [-0.2, -0.15) is 0 Å². The van der Waals surface area contributed by atoms with E-state index in [-0.39, 0.29) is 0 Å². The van der Waals surface area contributed by atoms with Crippen LogP contribution in [0.4, 0.5) is 0 Å². The van der Waals surface area contributed by atoms with Gasteiger partial charge in [-0.15, -0.1) is 5.73 Å². The van der Waals surface area contributed by atoms with Crippen molar-refractivity contribution in [3.63, 3.8) is 0 Å². The molecule has 0 heteroatoms. The van der Waals surface area contributed by atoms with E-state index in [0.29, 0.717) is 5.92 Å². The van der Waals surface area contributed by atoms with Crippen molar-refractivity contribution in [2.24, 2.45) is 17.8 Å². The van der Waals surface area contributed by atoms with Gasteiger partial charge in [-0.1, -0.05) is 51.5 Å². The molecule has 2 unspecified atom stereocenters. The predicted molar refractivity (Wildman–Crippen MR) is 67.7 cm³/mol. The summed E-state index contributed by atoms with van der Waals surface area (Å²) < 4.78 is 0. The van der Waals surface area contributed by atoms with Crippen LogP contribution in [0.5, 0.6) is 0 Å². The van der Waals surface area contributed by atoms with E-state index >= 15 is 0 Å². The first-order valence-electron chi connectivity index (χ1n) is 5.89. The molecule has 0 aromatic carbocycles. The molecule has 0 heterocycles. The second-order valence-electron chi connectivity index (χ2n) is 4.89. The minimum atomic E-state index is 0.501. The zero-order valence-corrected chi connectivity index (χ0v) is 10.3. The molecule has 0 aromatic heterocycles. The molecule has 1 aliphatic rings. The summed E-state index contributed by atoms with van der Waals surface area (Å²) in [6.07, 6.45) is 11.9. The van der Waals surface area contributed by atoms with Gasteiger partial charge in [0.25, 0.3) is 0 Å².